The number of carboxylic acid groups (broad SMARTS) is 1. The number of hydrogen-bond acceptors (Lipinski definition) is 6. The van der Waals surface area contributed by atoms with Gasteiger partial charge in [-0.2, -0.15) is 0 Å². The van der Waals surface area contributed by atoms with Crippen molar-refractivity contribution in [3.05, 3.63) is 24.3 Å². The lowest BCUT2D eigenvalue weighted by molar-refractivity contribution is -0.142. The molecule has 2 saturated carbocycles. The van der Waals surface area contributed by atoms with Crippen molar-refractivity contribution in [3.63, 3.8) is 0 Å². The molecule has 188 valence electrons. The van der Waals surface area contributed by atoms with Crippen LogP contribution in [-0.4, -0.2) is 47.9 Å². The number of ketones is 2. The summed E-state index contributed by atoms with van der Waals surface area (Å²) in [4.78, 5) is 45.0. The smallest absolute Gasteiger partial charge is 0.305 e. The average molecular weight is 467 g/mol. The zero-order valence-corrected chi connectivity index (χ0v) is 20.6. The highest BCUT2D eigenvalue weighted by atomic mass is 16.5. The molecule has 0 amide bonds. The molecule has 7 heteroatoms. The minimum atomic E-state index is -0.792. The molecule has 0 bridgehead atoms. The van der Waals surface area contributed by atoms with Crippen LogP contribution in [0.25, 0.3) is 0 Å². The van der Waals surface area contributed by atoms with Crippen LogP contribution in [-0.2, 0) is 23.9 Å². The Morgan fingerprint density at radius 3 is 1.64 bits per heavy atom. The van der Waals surface area contributed by atoms with Crippen LogP contribution in [0.2, 0.25) is 0 Å². The largest absolute Gasteiger partial charge is 0.481 e. The monoisotopic (exact) mass is 466 g/mol. The molecule has 0 aromatic rings. The zero-order chi connectivity index (χ0) is 25.2. The number of aliphatic carboxylic acids is 1. The Kier molecular flexibility index (Phi) is 16.9. The average Bonchev–Trinajstić information content (AvgIpc) is 3.32. The third-order valence-corrected chi connectivity index (χ3v) is 6.17. The van der Waals surface area contributed by atoms with Crippen LogP contribution in [0.4, 0.5) is 0 Å². The maximum atomic E-state index is 11.7. The fourth-order valence-corrected chi connectivity index (χ4v) is 4.43. The first-order valence-corrected chi connectivity index (χ1v) is 11.9. The Bertz CT molecular complexity index is 666. The van der Waals surface area contributed by atoms with Gasteiger partial charge in [0.05, 0.1) is 7.11 Å². The van der Waals surface area contributed by atoms with Crippen LogP contribution in [0.5, 0.6) is 0 Å². The number of hydrogen-bond donors (Lipinski definition) is 2. The van der Waals surface area contributed by atoms with Gasteiger partial charge in [-0.15, -0.1) is 0 Å². The molecule has 0 unspecified atom stereocenters. The maximum Gasteiger partial charge on any atom is 0.305 e. The van der Waals surface area contributed by atoms with E-state index in [1.165, 1.54) is 7.11 Å². The van der Waals surface area contributed by atoms with Crippen molar-refractivity contribution in [2.75, 3.05) is 14.2 Å². The molecule has 2 N–H and O–H groups in total. The lowest BCUT2D eigenvalue weighted by atomic mass is 9.89. The predicted octanol–water partition coefficient (Wildman–Crippen LogP) is 4.52. The lowest BCUT2D eigenvalue weighted by Crippen LogP contribution is -2.18. The first-order valence-electron chi connectivity index (χ1n) is 11.9. The molecule has 0 aromatic carbocycles. The molecule has 0 heterocycles. The molecular formula is C26H42O7. The van der Waals surface area contributed by atoms with E-state index in [1.807, 2.05) is 19.1 Å². The number of carboxylic acids is 1. The van der Waals surface area contributed by atoms with E-state index in [1.54, 1.807) is 0 Å². The molecular weight excluding hydrogens is 424 g/mol. The molecule has 0 spiro atoms. The molecule has 0 aromatic heterocycles. The predicted molar refractivity (Wildman–Crippen MR) is 128 cm³/mol. The van der Waals surface area contributed by atoms with Crippen LogP contribution in [0.15, 0.2) is 24.3 Å². The highest BCUT2D eigenvalue weighted by Crippen LogP contribution is 2.35. The lowest BCUT2D eigenvalue weighted by Gasteiger charge is -2.15. The Morgan fingerprint density at radius 2 is 1.27 bits per heavy atom. The van der Waals surface area contributed by atoms with Gasteiger partial charge in [0.2, 0.25) is 0 Å². The number of esters is 1. The summed E-state index contributed by atoms with van der Waals surface area (Å²) in [6.45, 7) is 4.11. The van der Waals surface area contributed by atoms with Gasteiger partial charge in [0.25, 0.3) is 0 Å². The first kappa shape index (κ1) is 30.7. The summed E-state index contributed by atoms with van der Waals surface area (Å²) in [7, 11) is 2.39. The maximum absolute atomic E-state index is 11.7. The van der Waals surface area contributed by atoms with Crippen LogP contribution in [0.3, 0.4) is 0 Å². The highest BCUT2D eigenvalue weighted by molar-refractivity contribution is 5.85. The van der Waals surface area contributed by atoms with Gasteiger partial charge < -0.3 is 14.9 Å². The summed E-state index contributed by atoms with van der Waals surface area (Å²) >= 11 is 0. The van der Waals surface area contributed by atoms with Crippen LogP contribution in [0.1, 0.15) is 78.1 Å². The minimum absolute atomic E-state index is 0.0295. The van der Waals surface area contributed by atoms with Crippen LogP contribution in [0, 0.1) is 23.7 Å². The summed E-state index contributed by atoms with van der Waals surface area (Å²) in [5.41, 5.74) is 0. The second-order valence-corrected chi connectivity index (χ2v) is 8.35. The summed E-state index contributed by atoms with van der Waals surface area (Å²) in [5, 5.41) is 15.7. The number of aliphatic hydroxyl groups is 1. The highest BCUT2D eigenvalue weighted by Gasteiger charge is 2.35. The van der Waals surface area contributed by atoms with Crippen molar-refractivity contribution in [1.82, 2.24) is 0 Å². The zero-order valence-electron chi connectivity index (χ0n) is 20.6. The topological polar surface area (TPSA) is 118 Å². The second-order valence-electron chi connectivity index (χ2n) is 8.35. The van der Waals surface area contributed by atoms with Crippen molar-refractivity contribution in [2.24, 2.45) is 23.7 Å². The van der Waals surface area contributed by atoms with Gasteiger partial charge in [0, 0.05) is 44.6 Å². The molecule has 0 saturated heterocycles. The molecule has 7 nitrogen and oxygen atoms in total. The van der Waals surface area contributed by atoms with E-state index < -0.39 is 5.97 Å². The normalized spacial score (nSPS) is 24.4. The van der Waals surface area contributed by atoms with Gasteiger partial charge in [-0.25, -0.2) is 0 Å². The van der Waals surface area contributed by atoms with Crippen molar-refractivity contribution in [2.45, 2.75) is 78.1 Å². The number of ether oxygens (including phenoxy) is 1. The third kappa shape index (κ3) is 11.9. The van der Waals surface area contributed by atoms with E-state index in [0.29, 0.717) is 31.5 Å². The standard InChI is InChI=1S/C13H20O3.C12H18O3.CH4O/c1-3-4-5-6-11-10(7-8-12(11)14)9-13(15)16-2;1-2-3-4-5-10-9(8-12(14)15)6-7-11(10)13;1-2/h4-5,10-11H,3,6-9H2,1-2H3;3-4,9-10H,2,5-8H2,1H3,(H,14,15);2H,1H3/b5-4-;4-3-;/t10-,11+;9-,10+;/m00./s1. The van der Waals surface area contributed by atoms with Crippen molar-refractivity contribution < 1.29 is 34.1 Å². The number of carbonyl (C=O) groups excluding carboxylic acids is 3. The third-order valence-electron chi connectivity index (χ3n) is 6.17. The second kappa shape index (κ2) is 18.2. The van der Waals surface area contributed by atoms with E-state index in [-0.39, 0.29) is 41.8 Å². The Morgan fingerprint density at radius 1 is 0.848 bits per heavy atom. The van der Waals surface area contributed by atoms with E-state index in [9.17, 15) is 19.2 Å². The SMILES string of the molecule is CC/C=C\C[C@H]1C(=O)CC[C@H]1CC(=O)O.CC/C=C\C[C@H]1C(=O)CC[C@H]1CC(=O)OC.CO. The van der Waals surface area contributed by atoms with Gasteiger partial charge >= 0.3 is 11.9 Å². The van der Waals surface area contributed by atoms with Crippen molar-refractivity contribution in [1.29, 1.82) is 0 Å². The molecule has 2 fully saturated rings. The Labute approximate surface area is 198 Å². The van der Waals surface area contributed by atoms with E-state index in [0.717, 1.165) is 39.2 Å². The minimum Gasteiger partial charge on any atom is -0.481 e. The summed E-state index contributed by atoms with van der Waals surface area (Å²) in [6, 6.07) is 0. The van der Waals surface area contributed by atoms with E-state index in [2.05, 4.69) is 23.8 Å². The Balaban J connectivity index is 0.000000578. The molecule has 33 heavy (non-hydrogen) atoms. The first-order chi connectivity index (χ1) is 15.8. The number of Topliss-reactive ketones (excluding diaryl/α,β-unsaturated/α-hetero) is 2. The number of rotatable bonds is 10. The molecule has 0 aliphatic heterocycles. The summed E-state index contributed by atoms with van der Waals surface area (Å²) in [6.07, 6.45) is 14.9. The van der Waals surface area contributed by atoms with Gasteiger partial charge in [0.15, 0.2) is 0 Å². The molecule has 2 aliphatic carbocycles. The summed E-state index contributed by atoms with van der Waals surface area (Å²) in [5.74, 6) is -0.247. The van der Waals surface area contributed by atoms with Gasteiger partial charge in [0.1, 0.15) is 11.6 Å². The number of allylic oxidation sites excluding steroid dienone is 4. The fraction of sp³-hybridized carbons (Fsp3) is 0.692. The molecule has 4 atom stereocenters. The van der Waals surface area contributed by atoms with Crippen LogP contribution >= 0.6 is 0 Å². The number of aliphatic hydroxyl groups excluding tert-OH is 1. The van der Waals surface area contributed by atoms with E-state index in [4.69, 9.17) is 10.2 Å². The number of methoxy groups -OCH3 is 1. The van der Waals surface area contributed by atoms with Crippen LogP contribution < -0.4 is 0 Å². The van der Waals surface area contributed by atoms with Crippen molar-refractivity contribution >= 4 is 23.5 Å². The van der Waals surface area contributed by atoms with Gasteiger partial charge in [-0.05, 0) is 50.4 Å². The Hall–Kier alpha value is -2.28. The molecule has 2 aliphatic rings. The van der Waals surface area contributed by atoms with Crippen molar-refractivity contribution in [3.8, 4) is 0 Å². The van der Waals surface area contributed by atoms with Gasteiger partial charge in [-0.1, -0.05) is 38.2 Å². The molecule has 2 rings (SSSR count). The number of carbonyl (C=O) groups is 4. The van der Waals surface area contributed by atoms with Gasteiger partial charge in [-0.3, -0.25) is 19.2 Å². The van der Waals surface area contributed by atoms with E-state index >= 15 is 0 Å². The summed E-state index contributed by atoms with van der Waals surface area (Å²) < 4.78 is 4.65. The quantitative estimate of drug-likeness (QED) is 0.359. The molecule has 0 radical (unpaired) electrons. The fourth-order valence-electron chi connectivity index (χ4n) is 4.43.